The minimum absolute atomic E-state index is 0.128. The number of nitrogens with one attached hydrogen (secondary N) is 1. The highest BCUT2D eigenvalue weighted by molar-refractivity contribution is 9.10. The number of anilines is 1. The number of phenolic OH excluding ortho intramolecular Hbond substituents is 1. The highest BCUT2D eigenvalue weighted by Crippen LogP contribution is 2.27. The van der Waals surface area contributed by atoms with Crippen LogP contribution in [0.5, 0.6) is 5.75 Å². The third-order valence-electron chi connectivity index (χ3n) is 2.49. The first-order chi connectivity index (χ1) is 8.59. The molecule has 5 heteroatoms. The van der Waals surface area contributed by atoms with Gasteiger partial charge in [0.1, 0.15) is 5.82 Å². The molecule has 0 bridgehead atoms. The van der Waals surface area contributed by atoms with Crippen molar-refractivity contribution in [2.75, 3.05) is 5.32 Å². The molecular weight excluding hydrogens is 304 g/mol. The standard InChI is InChI=1S/C13H10BrF2NO/c14-9-4-2-5-10(15)12(9)17-7-8-3-1-6-11(16)13(8)18/h1-6,17-18H,7H2. The van der Waals surface area contributed by atoms with Gasteiger partial charge in [0, 0.05) is 16.6 Å². The molecule has 0 saturated carbocycles. The monoisotopic (exact) mass is 313 g/mol. The van der Waals surface area contributed by atoms with Gasteiger partial charge < -0.3 is 10.4 Å². The quantitative estimate of drug-likeness (QED) is 0.896. The van der Waals surface area contributed by atoms with Crippen LogP contribution in [0, 0.1) is 11.6 Å². The summed E-state index contributed by atoms with van der Waals surface area (Å²) in [6.45, 7) is 0.128. The lowest BCUT2D eigenvalue weighted by Gasteiger charge is -2.11. The summed E-state index contributed by atoms with van der Waals surface area (Å²) in [6, 6.07) is 8.81. The Bertz CT molecular complexity index is 555. The molecule has 0 fully saturated rings. The van der Waals surface area contributed by atoms with Crippen LogP contribution in [0.15, 0.2) is 40.9 Å². The third kappa shape index (κ3) is 2.61. The smallest absolute Gasteiger partial charge is 0.165 e. The second kappa shape index (κ2) is 5.35. The van der Waals surface area contributed by atoms with Crippen LogP contribution < -0.4 is 5.32 Å². The van der Waals surface area contributed by atoms with Gasteiger partial charge in [-0.25, -0.2) is 8.78 Å². The largest absolute Gasteiger partial charge is 0.505 e. The second-order valence-corrected chi connectivity index (χ2v) is 4.55. The van der Waals surface area contributed by atoms with Crippen LogP contribution in [-0.2, 0) is 6.54 Å². The van der Waals surface area contributed by atoms with Crippen molar-refractivity contribution < 1.29 is 13.9 Å². The summed E-state index contributed by atoms with van der Waals surface area (Å²) < 4.78 is 27.2. The zero-order valence-electron chi connectivity index (χ0n) is 9.25. The van der Waals surface area contributed by atoms with Crippen molar-refractivity contribution in [3.8, 4) is 5.75 Å². The molecule has 2 rings (SSSR count). The Kier molecular flexibility index (Phi) is 3.81. The highest BCUT2D eigenvalue weighted by atomic mass is 79.9. The lowest BCUT2D eigenvalue weighted by atomic mass is 10.2. The molecule has 0 atom stereocenters. The Balaban J connectivity index is 2.19. The van der Waals surface area contributed by atoms with Gasteiger partial charge in [-0.2, -0.15) is 0 Å². The molecule has 0 aliphatic heterocycles. The van der Waals surface area contributed by atoms with E-state index in [1.807, 2.05) is 0 Å². The van der Waals surface area contributed by atoms with E-state index >= 15 is 0 Å². The molecule has 0 heterocycles. The van der Waals surface area contributed by atoms with E-state index in [2.05, 4.69) is 21.2 Å². The number of para-hydroxylation sites is 2. The second-order valence-electron chi connectivity index (χ2n) is 3.70. The minimum atomic E-state index is -0.693. The van der Waals surface area contributed by atoms with Gasteiger partial charge in [0.15, 0.2) is 11.6 Å². The van der Waals surface area contributed by atoms with Crippen LogP contribution in [0.25, 0.3) is 0 Å². The van der Waals surface area contributed by atoms with Gasteiger partial charge in [-0.15, -0.1) is 0 Å². The van der Waals surface area contributed by atoms with Gasteiger partial charge in [0.05, 0.1) is 5.69 Å². The number of phenols is 1. The first kappa shape index (κ1) is 12.8. The maximum absolute atomic E-state index is 13.5. The zero-order chi connectivity index (χ0) is 13.1. The van der Waals surface area contributed by atoms with Crippen molar-refractivity contribution in [2.45, 2.75) is 6.54 Å². The van der Waals surface area contributed by atoms with E-state index in [9.17, 15) is 13.9 Å². The van der Waals surface area contributed by atoms with Gasteiger partial charge in [-0.1, -0.05) is 18.2 Å². The molecule has 94 valence electrons. The van der Waals surface area contributed by atoms with E-state index in [0.29, 0.717) is 10.0 Å². The zero-order valence-corrected chi connectivity index (χ0v) is 10.8. The molecule has 0 aliphatic carbocycles. The lowest BCUT2D eigenvalue weighted by Crippen LogP contribution is -2.03. The van der Waals surface area contributed by atoms with Crippen molar-refractivity contribution in [3.63, 3.8) is 0 Å². The molecule has 0 amide bonds. The summed E-state index contributed by atoms with van der Waals surface area (Å²) in [5.74, 6) is -1.53. The predicted molar refractivity (Wildman–Crippen MR) is 69.5 cm³/mol. The maximum Gasteiger partial charge on any atom is 0.165 e. The van der Waals surface area contributed by atoms with E-state index in [4.69, 9.17) is 0 Å². The molecule has 0 aliphatic rings. The average Bonchev–Trinajstić information content (AvgIpc) is 2.33. The first-order valence-corrected chi connectivity index (χ1v) is 6.03. The number of hydrogen-bond acceptors (Lipinski definition) is 2. The molecule has 0 spiro atoms. The van der Waals surface area contributed by atoms with E-state index in [0.717, 1.165) is 6.07 Å². The van der Waals surface area contributed by atoms with E-state index < -0.39 is 17.4 Å². The van der Waals surface area contributed by atoms with Gasteiger partial charge in [0.2, 0.25) is 0 Å². The maximum atomic E-state index is 13.5. The Hall–Kier alpha value is -1.62. The van der Waals surface area contributed by atoms with Crippen molar-refractivity contribution >= 4 is 21.6 Å². The average molecular weight is 314 g/mol. The van der Waals surface area contributed by atoms with Crippen LogP contribution in [-0.4, -0.2) is 5.11 Å². The fourth-order valence-corrected chi connectivity index (χ4v) is 2.04. The molecule has 0 unspecified atom stereocenters. The molecule has 2 nitrogen and oxygen atoms in total. The van der Waals surface area contributed by atoms with Crippen LogP contribution >= 0.6 is 15.9 Å². The Morgan fingerprint density at radius 3 is 2.44 bits per heavy atom. The molecule has 18 heavy (non-hydrogen) atoms. The molecule has 2 aromatic carbocycles. The molecule has 0 aromatic heterocycles. The number of aromatic hydroxyl groups is 1. The number of rotatable bonds is 3. The van der Waals surface area contributed by atoms with Crippen LogP contribution in [0.3, 0.4) is 0 Å². The summed E-state index contributed by atoms with van der Waals surface area (Å²) in [5.41, 5.74) is 0.645. The predicted octanol–water partition coefficient (Wildman–Crippen LogP) is 4.05. The SMILES string of the molecule is Oc1c(F)cccc1CNc1c(F)cccc1Br. The van der Waals surface area contributed by atoms with Crippen molar-refractivity contribution in [2.24, 2.45) is 0 Å². The van der Waals surface area contributed by atoms with Crippen molar-refractivity contribution in [3.05, 3.63) is 58.1 Å². The highest BCUT2D eigenvalue weighted by Gasteiger charge is 2.09. The summed E-state index contributed by atoms with van der Waals surface area (Å²) in [4.78, 5) is 0. The van der Waals surface area contributed by atoms with Crippen LogP contribution in [0.1, 0.15) is 5.56 Å². The summed E-state index contributed by atoms with van der Waals surface area (Å²) in [7, 11) is 0. The van der Waals surface area contributed by atoms with Gasteiger partial charge >= 0.3 is 0 Å². The fourth-order valence-electron chi connectivity index (χ4n) is 1.55. The van der Waals surface area contributed by atoms with Crippen molar-refractivity contribution in [1.29, 1.82) is 0 Å². The van der Waals surface area contributed by atoms with E-state index in [-0.39, 0.29) is 12.2 Å². The van der Waals surface area contributed by atoms with Crippen LogP contribution in [0.2, 0.25) is 0 Å². The summed E-state index contributed by atoms with van der Waals surface area (Å²) >= 11 is 3.21. The number of halogens is 3. The van der Waals surface area contributed by atoms with Crippen molar-refractivity contribution in [1.82, 2.24) is 0 Å². The van der Waals surface area contributed by atoms with Gasteiger partial charge in [-0.05, 0) is 34.1 Å². The van der Waals surface area contributed by atoms with E-state index in [1.165, 1.54) is 12.1 Å². The fraction of sp³-hybridized carbons (Fsp3) is 0.0769. The van der Waals surface area contributed by atoms with Gasteiger partial charge in [0.25, 0.3) is 0 Å². The Labute approximate surface area is 111 Å². The normalized spacial score (nSPS) is 10.4. The molecule has 2 N–H and O–H groups in total. The lowest BCUT2D eigenvalue weighted by molar-refractivity contribution is 0.426. The Morgan fingerprint density at radius 2 is 1.72 bits per heavy atom. The third-order valence-corrected chi connectivity index (χ3v) is 3.15. The van der Waals surface area contributed by atoms with Gasteiger partial charge in [-0.3, -0.25) is 0 Å². The Morgan fingerprint density at radius 1 is 1.06 bits per heavy atom. The molecule has 0 radical (unpaired) electrons. The molecular formula is C13H10BrF2NO. The summed E-state index contributed by atoms with van der Waals surface area (Å²) in [6.07, 6.45) is 0. The first-order valence-electron chi connectivity index (χ1n) is 5.24. The minimum Gasteiger partial charge on any atom is -0.505 e. The van der Waals surface area contributed by atoms with Crippen LogP contribution in [0.4, 0.5) is 14.5 Å². The summed E-state index contributed by atoms with van der Waals surface area (Å²) in [5, 5.41) is 12.3. The molecule has 2 aromatic rings. The number of benzene rings is 2. The van der Waals surface area contributed by atoms with E-state index in [1.54, 1.807) is 18.2 Å². The topological polar surface area (TPSA) is 32.3 Å². The number of hydrogen-bond donors (Lipinski definition) is 2. The molecule has 0 saturated heterocycles.